The van der Waals surface area contributed by atoms with Crippen molar-refractivity contribution in [2.75, 3.05) is 18.9 Å². The minimum absolute atomic E-state index is 0.0132. The summed E-state index contributed by atoms with van der Waals surface area (Å²) in [6.07, 6.45) is 0. The summed E-state index contributed by atoms with van der Waals surface area (Å²) < 4.78 is 25.4. The highest BCUT2D eigenvalue weighted by atomic mass is 32.2. The van der Waals surface area contributed by atoms with Gasteiger partial charge >= 0.3 is 0 Å². The van der Waals surface area contributed by atoms with Gasteiger partial charge in [0.15, 0.2) is 0 Å². The fourth-order valence-electron chi connectivity index (χ4n) is 1.12. The summed E-state index contributed by atoms with van der Waals surface area (Å²) >= 11 is 0. The molecule has 0 aliphatic heterocycles. The van der Waals surface area contributed by atoms with Crippen molar-refractivity contribution in [2.24, 2.45) is 5.73 Å². The number of benzene rings is 1. The molecule has 0 bridgehead atoms. The van der Waals surface area contributed by atoms with Gasteiger partial charge in [0.05, 0.1) is 12.2 Å². The standard InChI is InChI=1S/C9H13N3O3S/c1-11-16(14,15)8-5-3-2-4-7(8)12-9(13)6-10/h2-5,11H,6,10H2,1H3,(H,12,13). The molecule has 0 unspecified atom stereocenters. The lowest BCUT2D eigenvalue weighted by molar-refractivity contribution is -0.114. The molecule has 0 heterocycles. The predicted molar refractivity (Wildman–Crippen MR) is 60.4 cm³/mol. The molecule has 0 saturated carbocycles. The number of anilines is 1. The summed E-state index contributed by atoms with van der Waals surface area (Å²) in [6.45, 7) is -0.200. The first-order chi connectivity index (χ1) is 7.51. The molecule has 0 spiro atoms. The minimum Gasteiger partial charge on any atom is -0.324 e. The molecule has 7 heteroatoms. The summed E-state index contributed by atoms with van der Waals surface area (Å²) in [5, 5.41) is 2.42. The average Bonchev–Trinajstić information content (AvgIpc) is 2.29. The zero-order valence-electron chi connectivity index (χ0n) is 8.73. The number of hydrogen-bond donors (Lipinski definition) is 3. The molecular formula is C9H13N3O3S. The number of para-hydroxylation sites is 1. The predicted octanol–water partition coefficient (Wildman–Crippen LogP) is -0.508. The molecule has 6 nitrogen and oxygen atoms in total. The highest BCUT2D eigenvalue weighted by molar-refractivity contribution is 7.89. The van der Waals surface area contributed by atoms with Crippen molar-refractivity contribution in [3.05, 3.63) is 24.3 Å². The maximum absolute atomic E-state index is 11.6. The van der Waals surface area contributed by atoms with E-state index < -0.39 is 15.9 Å². The van der Waals surface area contributed by atoms with Crippen molar-refractivity contribution < 1.29 is 13.2 Å². The van der Waals surface area contributed by atoms with Crippen LogP contribution in [0.1, 0.15) is 0 Å². The maximum atomic E-state index is 11.6. The smallest absolute Gasteiger partial charge is 0.242 e. The maximum Gasteiger partial charge on any atom is 0.242 e. The lowest BCUT2D eigenvalue weighted by Crippen LogP contribution is -2.25. The zero-order chi connectivity index (χ0) is 12.2. The van der Waals surface area contributed by atoms with E-state index in [-0.39, 0.29) is 17.1 Å². The first-order valence-electron chi connectivity index (χ1n) is 4.53. The topological polar surface area (TPSA) is 101 Å². The Balaban J connectivity index is 3.16. The molecule has 0 aliphatic carbocycles. The largest absolute Gasteiger partial charge is 0.324 e. The highest BCUT2D eigenvalue weighted by Crippen LogP contribution is 2.19. The molecule has 0 aromatic heterocycles. The number of carbonyl (C=O) groups is 1. The summed E-state index contributed by atoms with van der Waals surface area (Å²) in [4.78, 5) is 11.1. The number of nitrogens with one attached hydrogen (secondary N) is 2. The molecule has 16 heavy (non-hydrogen) atoms. The number of amides is 1. The first kappa shape index (κ1) is 12.6. The fraction of sp³-hybridized carbons (Fsp3) is 0.222. The van der Waals surface area contributed by atoms with E-state index >= 15 is 0 Å². The molecule has 1 amide bonds. The van der Waals surface area contributed by atoms with E-state index in [1.807, 2.05) is 0 Å². The van der Waals surface area contributed by atoms with Gasteiger partial charge in [-0.3, -0.25) is 4.79 Å². The molecule has 0 radical (unpaired) electrons. The van der Waals surface area contributed by atoms with E-state index in [0.29, 0.717) is 0 Å². The molecule has 1 aromatic carbocycles. The number of sulfonamides is 1. The van der Waals surface area contributed by atoms with Crippen molar-refractivity contribution in [2.45, 2.75) is 4.90 Å². The average molecular weight is 243 g/mol. The van der Waals surface area contributed by atoms with Gasteiger partial charge in [-0.15, -0.1) is 0 Å². The summed E-state index contributed by atoms with van der Waals surface area (Å²) in [6, 6.07) is 6.10. The first-order valence-corrected chi connectivity index (χ1v) is 6.02. The Morgan fingerprint density at radius 3 is 2.56 bits per heavy atom. The lowest BCUT2D eigenvalue weighted by Gasteiger charge is -2.09. The molecular weight excluding hydrogens is 230 g/mol. The van der Waals surface area contributed by atoms with E-state index in [0.717, 1.165) is 0 Å². The van der Waals surface area contributed by atoms with E-state index in [2.05, 4.69) is 10.0 Å². The van der Waals surface area contributed by atoms with Gasteiger partial charge in [-0.25, -0.2) is 13.1 Å². The summed E-state index contributed by atoms with van der Waals surface area (Å²) in [5.74, 6) is -0.446. The van der Waals surface area contributed by atoms with Gasteiger partial charge < -0.3 is 11.1 Å². The molecule has 4 N–H and O–H groups in total. The van der Waals surface area contributed by atoms with Gasteiger partial charge in [0.2, 0.25) is 15.9 Å². The van der Waals surface area contributed by atoms with Gasteiger partial charge in [-0.2, -0.15) is 0 Å². The van der Waals surface area contributed by atoms with Crippen molar-refractivity contribution >= 4 is 21.6 Å². The second-order valence-electron chi connectivity index (χ2n) is 2.96. The van der Waals surface area contributed by atoms with Crippen molar-refractivity contribution in [3.8, 4) is 0 Å². The lowest BCUT2D eigenvalue weighted by atomic mass is 10.3. The Kier molecular flexibility index (Phi) is 3.99. The van der Waals surface area contributed by atoms with E-state index in [1.54, 1.807) is 12.1 Å². The molecule has 88 valence electrons. The molecule has 0 aliphatic rings. The van der Waals surface area contributed by atoms with Crippen LogP contribution in [0.25, 0.3) is 0 Å². The third kappa shape index (κ3) is 2.78. The van der Waals surface area contributed by atoms with Crippen LogP contribution in [0.15, 0.2) is 29.2 Å². The van der Waals surface area contributed by atoms with Crippen LogP contribution in [-0.2, 0) is 14.8 Å². The Morgan fingerprint density at radius 1 is 1.38 bits per heavy atom. The third-order valence-electron chi connectivity index (χ3n) is 1.90. The Labute approximate surface area is 93.9 Å². The van der Waals surface area contributed by atoms with E-state index in [4.69, 9.17) is 5.73 Å². The van der Waals surface area contributed by atoms with Gasteiger partial charge in [0.1, 0.15) is 4.90 Å². The van der Waals surface area contributed by atoms with Crippen LogP contribution in [-0.4, -0.2) is 27.9 Å². The quantitative estimate of drug-likeness (QED) is 0.663. The Hall–Kier alpha value is -1.44. The van der Waals surface area contributed by atoms with Gasteiger partial charge in [0.25, 0.3) is 0 Å². The molecule has 1 rings (SSSR count). The molecule has 1 aromatic rings. The van der Waals surface area contributed by atoms with Crippen LogP contribution in [0.4, 0.5) is 5.69 Å². The van der Waals surface area contributed by atoms with Crippen molar-refractivity contribution in [1.29, 1.82) is 0 Å². The molecule has 0 saturated heterocycles. The van der Waals surface area contributed by atoms with Crippen molar-refractivity contribution in [3.63, 3.8) is 0 Å². The third-order valence-corrected chi connectivity index (χ3v) is 3.38. The van der Waals surface area contributed by atoms with E-state index in [1.165, 1.54) is 19.2 Å². The number of rotatable bonds is 4. The number of hydrogen-bond acceptors (Lipinski definition) is 4. The monoisotopic (exact) mass is 243 g/mol. The molecule has 0 fully saturated rings. The van der Waals surface area contributed by atoms with Gasteiger partial charge in [0, 0.05) is 0 Å². The van der Waals surface area contributed by atoms with Crippen LogP contribution in [0, 0.1) is 0 Å². The molecule has 0 atom stereocenters. The number of nitrogens with two attached hydrogens (primary N) is 1. The van der Waals surface area contributed by atoms with Gasteiger partial charge in [-0.05, 0) is 19.2 Å². The second kappa shape index (κ2) is 5.06. The fourth-order valence-corrected chi connectivity index (χ4v) is 2.00. The SMILES string of the molecule is CNS(=O)(=O)c1ccccc1NC(=O)CN. The van der Waals surface area contributed by atoms with Crippen LogP contribution in [0.2, 0.25) is 0 Å². The van der Waals surface area contributed by atoms with Crippen LogP contribution in [0.5, 0.6) is 0 Å². The van der Waals surface area contributed by atoms with Crippen molar-refractivity contribution in [1.82, 2.24) is 4.72 Å². The van der Waals surface area contributed by atoms with Gasteiger partial charge in [-0.1, -0.05) is 12.1 Å². The Morgan fingerprint density at radius 2 is 2.00 bits per heavy atom. The van der Waals surface area contributed by atoms with E-state index in [9.17, 15) is 13.2 Å². The Bertz CT molecular complexity index is 485. The van der Waals surface area contributed by atoms with Crippen LogP contribution in [0.3, 0.4) is 0 Å². The summed E-state index contributed by atoms with van der Waals surface area (Å²) in [7, 11) is -2.29. The summed E-state index contributed by atoms with van der Waals surface area (Å²) in [5.41, 5.74) is 5.35. The van der Waals surface area contributed by atoms with Crippen LogP contribution < -0.4 is 15.8 Å². The number of carbonyl (C=O) groups excluding carboxylic acids is 1. The van der Waals surface area contributed by atoms with Crippen LogP contribution >= 0.6 is 0 Å². The normalized spacial score (nSPS) is 11.1. The zero-order valence-corrected chi connectivity index (χ0v) is 9.54. The second-order valence-corrected chi connectivity index (χ2v) is 4.81. The minimum atomic E-state index is -3.59. The highest BCUT2D eigenvalue weighted by Gasteiger charge is 2.16.